The number of carbonyl (C=O) groups is 1. The number of piperidine rings is 1. The number of carbonyl (C=O) groups excluding carboxylic acids is 1. The first kappa shape index (κ1) is 27.9. The van der Waals surface area contributed by atoms with Gasteiger partial charge in [-0.1, -0.05) is 29.3 Å². The molecule has 208 valence electrons. The molecule has 10 heteroatoms. The van der Waals surface area contributed by atoms with Crippen LogP contribution in [0.2, 0.25) is 5.02 Å². The van der Waals surface area contributed by atoms with E-state index in [0.29, 0.717) is 55.6 Å². The van der Waals surface area contributed by atoms with Gasteiger partial charge >= 0.3 is 0 Å². The summed E-state index contributed by atoms with van der Waals surface area (Å²) < 4.78 is 24.8. The van der Waals surface area contributed by atoms with Gasteiger partial charge < -0.3 is 25.4 Å². The van der Waals surface area contributed by atoms with E-state index in [1.807, 2.05) is 0 Å². The third-order valence-corrected chi connectivity index (χ3v) is 6.93. The van der Waals surface area contributed by atoms with E-state index >= 15 is 0 Å². The molecular weight excluding hydrogens is 545 g/mol. The van der Waals surface area contributed by atoms with Crippen LogP contribution < -0.4 is 25.4 Å². The van der Waals surface area contributed by atoms with Crippen LogP contribution in [0.25, 0.3) is 10.9 Å². The van der Waals surface area contributed by atoms with Crippen LogP contribution in [0.1, 0.15) is 24.0 Å². The number of fused-ring (bicyclic) bond motifs is 1. The van der Waals surface area contributed by atoms with E-state index in [2.05, 4.69) is 27.0 Å². The highest BCUT2D eigenvalue weighted by Gasteiger charge is 2.16. The number of pyridine rings is 1. The Labute approximate surface area is 241 Å². The largest absolute Gasteiger partial charge is 0.494 e. The monoisotopic (exact) mass is 571 g/mol. The van der Waals surface area contributed by atoms with Crippen LogP contribution >= 0.6 is 11.6 Å². The molecule has 4 aromatic rings. The van der Waals surface area contributed by atoms with Crippen molar-refractivity contribution < 1.29 is 18.7 Å². The lowest BCUT2D eigenvalue weighted by Crippen LogP contribution is -2.24. The first-order valence-corrected chi connectivity index (χ1v) is 13.4. The second-order valence-electron chi connectivity index (χ2n) is 9.46. The molecule has 0 bridgehead atoms. The Kier molecular flexibility index (Phi) is 8.63. The number of hydrogen-bond donors (Lipinski definition) is 3. The van der Waals surface area contributed by atoms with Crippen LogP contribution in [0.5, 0.6) is 11.5 Å². The Morgan fingerprint density at radius 3 is 2.73 bits per heavy atom. The molecule has 0 unspecified atom stereocenters. The highest BCUT2D eigenvalue weighted by Crippen LogP contribution is 2.37. The van der Waals surface area contributed by atoms with Crippen molar-refractivity contribution in [3.63, 3.8) is 0 Å². The summed E-state index contributed by atoms with van der Waals surface area (Å²) >= 11 is 6.50. The Morgan fingerprint density at radius 1 is 1.17 bits per heavy atom. The lowest BCUT2D eigenvalue weighted by molar-refractivity contribution is -0.112. The number of rotatable bonds is 8. The third-order valence-electron chi connectivity index (χ3n) is 6.63. The fraction of sp³-hybridized carbons (Fsp3) is 0.194. The summed E-state index contributed by atoms with van der Waals surface area (Å²) in [5.41, 5.74) is 4.19. The maximum absolute atomic E-state index is 13.5. The van der Waals surface area contributed by atoms with Crippen molar-refractivity contribution in [2.45, 2.75) is 19.4 Å². The molecule has 0 spiro atoms. The molecule has 1 amide bonds. The Balaban J connectivity index is 1.42. The van der Waals surface area contributed by atoms with Gasteiger partial charge in [0.25, 0.3) is 0 Å². The predicted molar refractivity (Wildman–Crippen MR) is 157 cm³/mol. The van der Waals surface area contributed by atoms with E-state index < -0.39 is 0 Å². The number of amides is 1. The number of ether oxygens (including phenoxy) is 2. The molecule has 1 aliphatic rings. The minimum absolute atomic E-state index is 0.154. The fourth-order valence-electron chi connectivity index (χ4n) is 4.58. The molecule has 3 N–H and O–H groups in total. The van der Waals surface area contributed by atoms with Gasteiger partial charge in [0.2, 0.25) is 5.91 Å². The second kappa shape index (κ2) is 12.7. The number of halogens is 2. The lowest BCUT2D eigenvalue weighted by Gasteiger charge is -2.17. The van der Waals surface area contributed by atoms with Crippen LogP contribution in [-0.4, -0.2) is 31.1 Å². The highest BCUT2D eigenvalue weighted by atomic mass is 35.5. The Morgan fingerprint density at radius 2 is 2.00 bits per heavy atom. The van der Waals surface area contributed by atoms with Crippen LogP contribution in [0.15, 0.2) is 72.4 Å². The van der Waals surface area contributed by atoms with E-state index in [1.54, 1.807) is 48.5 Å². The molecule has 0 atom stereocenters. The van der Waals surface area contributed by atoms with Gasteiger partial charge in [0.05, 0.1) is 34.6 Å². The number of methoxy groups -OCH3 is 1. The number of hydrogen-bond acceptors (Lipinski definition) is 7. The van der Waals surface area contributed by atoms with Gasteiger partial charge in [0.15, 0.2) is 0 Å². The lowest BCUT2D eigenvalue weighted by atomic mass is 10.0. The average molecular weight is 572 g/mol. The minimum Gasteiger partial charge on any atom is -0.494 e. The summed E-state index contributed by atoms with van der Waals surface area (Å²) in [6, 6.07) is 16.9. The van der Waals surface area contributed by atoms with Gasteiger partial charge in [0.1, 0.15) is 30.0 Å². The van der Waals surface area contributed by atoms with Gasteiger partial charge in [-0.2, -0.15) is 5.26 Å². The number of nitriles is 1. The molecule has 3 aromatic carbocycles. The third kappa shape index (κ3) is 6.74. The number of nitrogens with zero attached hydrogens (tertiary/aromatic N) is 2. The molecule has 2 heterocycles. The van der Waals surface area contributed by atoms with Crippen LogP contribution in [-0.2, 0) is 11.4 Å². The quantitative estimate of drug-likeness (QED) is 0.208. The Hall–Kier alpha value is -4.65. The Bertz CT molecular complexity index is 1680. The summed E-state index contributed by atoms with van der Waals surface area (Å²) in [5, 5.41) is 20.3. The predicted octanol–water partition coefficient (Wildman–Crippen LogP) is 6.48. The maximum atomic E-state index is 13.5. The molecular formula is C31H27ClFN5O3. The zero-order valence-electron chi connectivity index (χ0n) is 22.3. The average Bonchev–Trinajstić information content (AvgIpc) is 2.97. The van der Waals surface area contributed by atoms with Gasteiger partial charge in [-0.15, -0.1) is 0 Å². The molecule has 0 radical (unpaired) electrons. The van der Waals surface area contributed by atoms with Gasteiger partial charge in [0, 0.05) is 29.4 Å². The maximum Gasteiger partial charge on any atom is 0.248 e. The standard InChI is InChI=1S/C31H27ClFN5O3/c1-40-29-15-26-24(14-27(29)38-30(39)12-19-7-9-35-10-8-19)31(21(16-34)17-36-26)37-23-5-6-28(25(32)13-23)41-18-20-3-2-4-22(33)11-20/h2-6,11-15,17,35H,7-10,18H2,1H3,(H,36,37)(H,38,39). The molecule has 8 nitrogen and oxygen atoms in total. The number of benzene rings is 3. The fourth-order valence-corrected chi connectivity index (χ4v) is 4.82. The summed E-state index contributed by atoms with van der Waals surface area (Å²) in [4.78, 5) is 17.2. The SMILES string of the molecule is COc1cc2ncc(C#N)c(Nc3ccc(OCc4cccc(F)c4)c(Cl)c3)c2cc1NC(=O)C=C1CCNCC1. The summed E-state index contributed by atoms with van der Waals surface area (Å²) in [6.07, 6.45) is 4.75. The second-order valence-corrected chi connectivity index (χ2v) is 9.87. The van der Waals surface area contributed by atoms with E-state index in [9.17, 15) is 14.4 Å². The van der Waals surface area contributed by atoms with Crippen molar-refractivity contribution >= 4 is 45.5 Å². The van der Waals surface area contributed by atoms with Crippen molar-refractivity contribution in [2.75, 3.05) is 30.8 Å². The van der Waals surface area contributed by atoms with Crippen molar-refractivity contribution in [3.8, 4) is 17.6 Å². The van der Waals surface area contributed by atoms with Crippen molar-refractivity contribution in [1.29, 1.82) is 5.26 Å². The van der Waals surface area contributed by atoms with Crippen LogP contribution in [0.4, 0.5) is 21.5 Å². The first-order valence-electron chi connectivity index (χ1n) is 13.0. The van der Waals surface area contributed by atoms with Crippen molar-refractivity contribution in [2.24, 2.45) is 0 Å². The minimum atomic E-state index is -0.339. The van der Waals surface area contributed by atoms with E-state index in [0.717, 1.165) is 31.5 Å². The van der Waals surface area contributed by atoms with Gasteiger partial charge in [-0.25, -0.2) is 4.39 Å². The van der Waals surface area contributed by atoms with Crippen LogP contribution in [0.3, 0.4) is 0 Å². The summed E-state index contributed by atoms with van der Waals surface area (Å²) in [5.74, 6) is 0.285. The number of anilines is 3. The van der Waals surface area contributed by atoms with Gasteiger partial charge in [-0.3, -0.25) is 9.78 Å². The zero-order chi connectivity index (χ0) is 28.8. The molecule has 1 fully saturated rings. The topological polar surface area (TPSA) is 108 Å². The molecule has 1 aliphatic heterocycles. The number of nitrogens with one attached hydrogen (secondary N) is 3. The summed E-state index contributed by atoms with van der Waals surface area (Å²) in [6.45, 7) is 1.85. The van der Waals surface area contributed by atoms with E-state index in [-0.39, 0.29) is 18.3 Å². The van der Waals surface area contributed by atoms with E-state index in [4.69, 9.17) is 21.1 Å². The van der Waals surface area contributed by atoms with Crippen molar-refractivity contribution in [3.05, 3.63) is 94.4 Å². The number of aromatic nitrogens is 1. The van der Waals surface area contributed by atoms with E-state index in [1.165, 1.54) is 25.4 Å². The smallest absolute Gasteiger partial charge is 0.248 e. The molecule has 0 saturated carbocycles. The molecule has 1 aromatic heterocycles. The molecule has 0 aliphatic carbocycles. The van der Waals surface area contributed by atoms with Crippen LogP contribution in [0, 0.1) is 17.1 Å². The summed E-state index contributed by atoms with van der Waals surface area (Å²) in [7, 11) is 1.52. The molecule has 5 rings (SSSR count). The zero-order valence-corrected chi connectivity index (χ0v) is 23.0. The molecule has 1 saturated heterocycles. The highest BCUT2D eigenvalue weighted by molar-refractivity contribution is 6.32. The first-order chi connectivity index (χ1) is 19.9. The normalized spacial score (nSPS) is 12.9. The van der Waals surface area contributed by atoms with Gasteiger partial charge in [-0.05, 0) is 67.9 Å². The van der Waals surface area contributed by atoms with Crippen molar-refractivity contribution in [1.82, 2.24) is 10.3 Å². The molecule has 41 heavy (non-hydrogen) atoms.